The van der Waals surface area contributed by atoms with Gasteiger partial charge in [0.1, 0.15) is 0 Å². The van der Waals surface area contributed by atoms with Crippen molar-refractivity contribution in [2.24, 2.45) is 0 Å². The van der Waals surface area contributed by atoms with Gasteiger partial charge in [-0.2, -0.15) is 0 Å². The molecule has 0 saturated carbocycles. The van der Waals surface area contributed by atoms with Crippen molar-refractivity contribution >= 4 is 34.6 Å². The van der Waals surface area contributed by atoms with E-state index >= 15 is 0 Å². The lowest BCUT2D eigenvalue weighted by molar-refractivity contribution is 0.949. The predicted octanol–water partition coefficient (Wildman–Crippen LogP) is 4.77. The Morgan fingerprint density at radius 2 is 1.67 bits per heavy atom. The predicted molar refractivity (Wildman–Crippen MR) is 91.6 cm³/mol. The van der Waals surface area contributed by atoms with Crippen LogP contribution in [0, 0.1) is 0 Å². The lowest BCUT2D eigenvalue weighted by Crippen LogP contribution is -2.17. The molecule has 0 bridgehead atoms. The van der Waals surface area contributed by atoms with E-state index in [1.807, 2.05) is 24.3 Å². The molecule has 0 aromatic heterocycles. The summed E-state index contributed by atoms with van der Waals surface area (Å²) in [7, 11) is 0. The highest BCUT2D eigenvalue weighted by Crippen LogP contribution is 2.31. The lowest BCUT2D eigenvalue weighted by Gasteiger charge is -2.19. The zero-order chi connectivity index (χ0) is 14.8. The molecule has 2 aromatic carbocycles. The third-order valence-corrected chi connectivity index (χ3v) is 4.73. The fraction of sp³-hybridized carbons (Fsp3) is 0.294. The molecule has 0 amide bonds. The molecule has 0 atom stereocenters. The molecule has 1 saturated heterocycles. The highest BCUT2D eigenvalue weighted by molar-refractivity contribution is 6.36. The summed E-state index contributed by atoms with van der Waals surface area (Å²) >= 11 is 12.5. The van der Waals surface area contributed by atoms with E-state index in [0.29, 0.717) is 16.5 Å². The Hall–Kier alpha value is -1.38. The average Bonchev–Trinajstić information content (AvgIpc) is 2.99. The molecule has 0 unspecified atom stereocenters. The summed E-state index contributed by atoms with van der Waals surface area (Å²) in [6.07, 6.45) is 3.18. The molecule has 1 heterocycles. The van der Waals surface area contributed by atoms with Gasteiger partial charge < -0.3 is 10.6 Å². The highest BCUT2D eigenvalue weighted by atomic mass is 35.5. The van der Waals surface area contributed by atoms with E-state index in [1.54, 1.807) is 0 Å². The van der Waals surface area contributed by atoms with Crippen LogP contribution >= 0.6 is 23.2 Å². The van der Waals surface area contributed by atoms with Crippen LogP contribution in [-0.4, -0.2) is 13.1 Å². The Morgan fingerprint density at radius 1 is 1.00 bits per heavy atom. The molecule has 21 heavy (non-hydrogen) atoms. The molecule has 2 aromatic rings. The van der Waals surface area contributed by atoms with Gasteiger partial charge in [0.05, 0.1) is 0 Å². The number of benzene rings is 2. The smallest absolute Gasteiger partial charge is 0.0456 e. The van der Waals surface area contributed by atoms with Crippen LogP contribution in [0.3, 0.4) is 0 Å². The van der Waals surface area contributed by atoms with Crippen LogP contribution in [0.15, 0.2) is 36.4 Å². The number of halogens is 2. The van der Waals surface area contributed by atoms with Gasteiger partial charge in [-0.3, -0.25) is 0 Å². The van der Waals surface area contributed by atoms with Gasteiger partial charge in [-0.25, -0.2) is 0 Å². The van der Waals surface area contributed by atoms with Crippen molar-refractivity contribution in [3.63, 3.8) is 0 Å². The van der Waals surface area contributed by atoms with Crippen LogP contribution in [0.4, 0.5) is 11.4 Å². The van der Waals surface area contributed by atoms with Gasteiger partial charge in [-0.05, 0) is 54.3 Å². The number of rotatable bonds is 3. The van der Waals surface area contributed by atoms with Gasteiger partial charge in [0.25, 0.3) is 0 Å². The van der Waals surface area contributed by atoms with Gasteiger partial charge >= 0.3 is 0 Å². The second-order valence-corrected chi connectivity index (χ2v) is 6.27. The van der Waals surface area contributed by atoms with Gasteiger partial charge in [-0.1, -0.05) is 29.3 Å². The molecule has 2 nitrogen and oxygen atoms in total. The van der Waals surface area contributed by atoms with Crippen LogP contribution in [-0.2, 0) is 6.42 Å². The largest absolute Gasteiger partial charge is 0.398 e. The van der Waals surface area contributed by atoms with E-state index in [9.17, 15) is 0 Å². The third kappa shape index (κ3) is 3.12. The van der Waals surface area contributed by atoms with Crippen molar-refractivity contribution in [2.45, 2.75) is 19.3 Å². The van der Waals surface area contributed by atoms with Crippen molar-refractivity contribution in [3.8, 4) is 0 Å². The molecule has 0 spiro atoms. The molecular formula is C17H18Cl2N2. The quantitative estimate of drug-likeness (QED) is 0.825. The molecule has 110 valence electrons. The van der Waals surface area contributed by atoms with E-state index in [-0.39, 0.29) is 0 Å². The topological polar surface area (TPSA) is 29.3 Å². The molecule has 1 fully saturated rings. The molecule has 0 aliphatic carbocycles. The van der Waals surface area contributed by atoms with Crippen molar-refractivity contribution in [1.82, 2.24) is 0 Å². The summed E-state index contributed by atoms with van der Waals surface area (Å²) in [5, 5.41) is 1.38. The SMILES string of the molecule is Nc1ccc(N2CCCC2)cc1Cc1c(Cl)cccc1Cl. The van der Waals surface area contributed by atoms with Crippen molar-refractivity contribution in [1.29, 1.82) is 0 Å². The van der Waals surface area contributed by atoms with Crippen molar-refractivity contribution in [3.05, 3.63) is 57.6 Å². The fourth-order valence-electron chi connectivity index (χ4n) is 2.81. The van der Waals surface area contributed by atoms with Gasteiger partial charge in [-0.15, -0.1) is 0 Å². The van der Waals surface area contributed by atoms with E-state index in [2.05, 4.69) is 17.0 Å². The Balaban J connectivity index is 1.92. The first kappa shape index (κ1) is 14.6. The monoisotopic (exact) mass is 320 g/mol. The standard InChI is InChI=1S/C17H18Cl2N2/c18-15-4-3-5-16(19)14(15)11-12-10-13(6-7-17(12)20)21-8-1-2-9-21/h3-7,10H,1-2,8-9,11,20H2. The number of nitrogens with zero attached hydrogens (tertiary/aromatic N) is 1. The van der Waals surface area contributed by atoms with Crippen LogP contribution in [0.25, 0.3) is 0 Å². The Kier molecular flexibility index (Phi) is 4.27. The minimum atomic E-state index is 0.659. The molecule has 1 aliphatic rings. The summed E-state index contributed by atoms with van der Waals surface area (Å²) in [4.78, 5) is 2.40. The van der Waals surface area contributed by atoms with E-state index in [4.69, 9.17) is 28.9 Å². The first-order valence-corrected chi connectivity index (χ1v) is 7.97. The van der Waals surface area contributed by atoms with Crippen molar-refractivity contribution in [2.75, 3.05) is 23.7 Å². The normalized spacial score (nSPS) is 14.7. The zero-order valence-corrected chi connectivity index (χ0v) is 13.3. The van der Waals surface area contributed by atoms with Crippen molar-refractivity contribution < 1.29 is 0 Å². The van der Waals surface area contributed by atoms with Crippen LogP contribution in [0.2, 0.25) is 10.0 Å². The van der Waals surface area contributed by atoms with Crippen LogP contribution < -0.4 is 10.6 Å². The van der Waals surface area contributed by atoms with Crippen LogP contribution in [0.1, 0.15) is 24.0 Å². The Labute approximate surface area is 135 Å². The summed E-state index contributed by atoms with van der Waals surface area (Å²) < 4.78 is 0. The second-order valence-electron chi connectivity index (χ2n) is 5.45. The maximum Gasteiger partial charge on any atom is 0.0456 e. The minimum Gasteiger partial charge on any atom is -0.398 e. The molecule has 1 aliphatic heterocycles. The van der Waals surface area contributed by atoms with Gasteiger partial charge in [0.2, 0.25) is 0 Å². The maximum absolute atomic E-state index is 6.26. The lowest BCUT2D eigenvalue weighted by atomic mass is 10.0. The third-order valence-electron chi connectivity index (χ3n) is 4.03. The zero-order valence-electron chi connectivity index (χ0n) is 11.8. The van der Waals surface area contributed by atoms with Gasteiger partial charge in [0.15, 0.2) is 0 Å². The second kappa shape index (κ2) is 6.17. The number of anilines is 2. The first-order chi connectivity index (χ1) is 10.1. The van der Waals surface area contributed by atoms with E-state index < -0.39 is 0 Å². The average molecular weight is 321 g/mol. The van der Waals surface area contributed by atoms with Gasteiger partial charge in [0, 0.05) is 40.9 Å². The highest BCUT2D eigenvalue weighted by Gasteiger charge is 2.15. The molecule has 3 rings (SSSR count). The summed E-state index contributed by atoms with van der Waals surface area (Å²) in [5.74, 6) is 0. The summed E-state index contributed by atoms with van der Waals surface area (Å²) in [6, 6.07) is 11.8. The molecular weight excluding hydrogens is 303 g/mol. The number of hydrogen-bond acceptors (Lipinski definition) is 2. The Bertz CT molecular complexity index is 629. The number of hydrogen-bond donors (Lipinski definition) is 1. The first-order valence-electron chi connectivity index (χ1n) is 7.21. The number of nitrogens with two attached hydrogens (primary N) is 1. The summed E-state index contributed by atoms with van der Waals surface area (Å²) in [6.45, 7) is 2.24. The Morgan fingerprint density at radius 3 is 2.33 bits per heavy atom. The summed E-state index contributed by atoms with van der Waals surface area (Å²) in [5.41, 5.74) is 10.2. The minimum absolute atomic E-state index is 0.659. The molecule has 0 radical (unpaired) electrons. The fourth-order valence-corrected chi connectivity index (χ4v) is 3.34. The van der Waals surface area contributed by atoms with E-state index in [1.165, 1.54) is 18.5 Å². The molecule has 4 heteroatoms. The number of nitrogen functional groups attached to an aromatic ring is 1. The van der Waals surface area contributed by atoms with Crippen LogP contribution in [0.5, 0.6) is 0 Å². The molecule has 2 N–H and O–H groups in total. The maximum atomic E-state index is 6.26. The van der Waals surface area contributed by atoms with E-state index in [0.717, 1.165) is 29.9 Å².